The zero-order valence-electron chi connectivity index (χ0n) is 16.0. The van der Waals surface area contributed by atoms with Crippen LogP contribution in [0.2, 0.25) is 0 Å². The lowest BCUT2D eigenvalue weighted by Crippen LogP contribution is -2.36. The quantitative estimate of drug-likeness (QED) is 0.707. The maximum atomic E-state index is 13.2. The van der Waals surface area contributed by atoms with Crippen LogP contribution in [0.3, 0.4) is 0 Å². The fraction of sp³-hybridized carbons (Fsp3) is 0.273. The summed E-state index contributed by atoms with van der Waals surface area (Å²) in [6, 6.07) is 13.0. The second-order valence-electron chi connectivity index (χ2n) is 6.90. The van der Waals surface area contributed by atoms with Crippen LogP contribution in [-0.4, -0.2) is 42.5 Å². The third-order valence-corrected chi connectivity index (χ3v) is 5.23. The fourth-order valence-electron chi connectivity index (χ4n) is 3.81. The molecule has 2 heterocycles. The summed E-state index contributed by atoms with van der Waals surface area (Å²) in [6.45, 7) is 1.54. The Hall–Kier alpha value is -3.12. The molecule has 6 nitrogen and oxygen atoms in total. The molecule has 0 saturated carbocycles. The number of carbonyl (C=O) groups excluding carboxylic acids is 2. The van der Waals surface area contributed by atoms with Gasteiger partial charge < -0.3 is 19.4 Å². The molecule has 0 unspecified atom stereocenters. The van der Waals surface area contributed by atoms with Gasteiger partial charge in [0.15, 0.2) is 0 Å². The topological polar surface area (TPSA) is 71.6 Å². The molecule has 0 bridgehead atoms. The summed E-state index contributed by atoms with van der Waals surface area (Å²) in [5, 5.41) is 0.959. The smallest absolute Gasteiger partial charge is 0.337 e. The maximum Gasteiger partial charge on any atom is 0.337 e. The van der Waals surface area contributed by atoms with Gasteiger partial charge in [-0.3, -0.25) is 4.79 Å². The monoisotopic (exact) mass is 378 g/mol. The van der Waals surface area contributed by atoms with Crippen molar-refractivity contribution in [2.24, 2.45) is 0 Å². The van der Waals surface area contributed by atoms with Gasteiger partial charge in [-0.15, -0.1) is 0 Å². The zero-order valence-corrected chi connectivity index (χ0v) is 16.0. The van der Waals surface area contributed by atoms with Crippen molar-refractivity contribution in [2.75, 3.05) is 20.8 Å². The average molecular weight is 378 g/mol. The highest BCUT2D eigenvalue weighted by Gasteiger charge is 2.26. The first-order chi connectivity index (χ1) is 13.6. The summed E-state index contributed by atoms with van der Waals surface area (Å²) in [5.74, 6) is -0.370. The molecule has 0 atom stereocenters. The van der Waals surface area contributed by atoms with E-state index in [1.807, 2.05) is 41.3 Å². The van der Waals surface area contributed by atoms with Gasteiger partial charge in [-0.2, -0.15) is 0 Å². The molecule has 0 aliphatic carbocycles. The predicted molar refractivity (Wildman–Crippen MR) is 105 cm³/mol. The number of aromatic amines is 1. The van der Waals surface area contributed by atoms with Gasteiger partial charge in [0.2, 0.25) is 0 Å². The van der Waals surface area contributed by atoms with Crippen molar-refractivity contribution >= 4 is 22.8 Å². The van der Waals surface area contributed by atoms with Crippen LogP contribution in [-0.2, 0) is 29.0 Å². The average Bonchev–Trinajstić information content (AvgIpc) is 3.10. The summed E-state index contributed by atoms with van der Waals surface area (Å²) in [7, 11) is 3.00. The van der Waals surface area contributed by atoms with Crippen LogP contribution < -0.4 is 0 Å². The molecule has 0 spiro atoms. The molecule has 1 N–H and O–H groups in total. The number of H-pyrrole nitrogens is 1. The zero-order chi connectivity index (χ0) is 19.7. The van der Waals surface area contributed by atoms with E-state index in [1.54, 1.807) is 13.2 Å². The van der Waals surface area contributed by atoms with Crippen molar-refractivity contribution < 1.29 is 19.1 Å². The molecule has 1 amide bonds. The highest BCUT2D eigenvalue weighted by atomic mass is 16.5. The second-order valence-corrected chi connectivity index (χ2v) is 6.90. The number of benzene rings is 2. The van der Waals surface area contributed by atoms with E-state index < -0.39 is 0 Å². The van der Waals surface area contributed by atoms with Crippen LogP contribution >= 0.6 is 0 Å². The Morgan fingerprint density at radius 1 is 1.14 bits per heavy atom. The lowest BCUT2D eigenvalue weighted by atomic mass is 10.0. The summed E-state index contributed by atoms with van der Waals surface area (Å²) in [6.07, 6.45) is 0.746. The van der Waals surface area contributed by atoms with Crippen molar-refractivity contribution in [3.8, 4) is 0 Å². The summed E-state index contributed by atoms with van der Waals surface area (Å²) in [4.78, 5) is 30.3. The number of aromatic nitrogens is 1. The van der Waals surface area contributed by atoms with Gasteiger partial charge in [0.1, 0.15) is 0 Å². The third-order valence-electron chi connectivity index (χ3n) is 5.23. The summed E-state index contributed by atoms with van der Waals surface area (Å²) < 4.78 is 10.1. The predicted octanol–water partition coefficient (Wildman–Crippen LogP) is 3.30. The van der Waals surface area contributed by atoms with Gasteiger partial charge in [-0.05, 0) is 29.8 Å². The van der Waals surface area contributed by atoms with E-state index in [0.29, 0.717) is 30.8 Å². The molecule has 1 aliphatic heterocycles. The standard InChI is InChI=1S/C22H22N2O4/c1-27-13-15-5-3-4-6-16(15)21(25)24-10-9-20-18(12-24)17-11-14(22(26)28-2)7-8-19(17)23-20/h3-8,11,23H,9-10,12-13H2,1-2H3. The number of fused-ring (bicyclic) bond motifs is 3. The first kappa shape index (κ1) is 18.3. The van der Waals surface area contributed by atoms with Crippen molar-refractivity contribution in [2.45, 2.75) is 19.6 Å². The summed E-state index contributed by atoms with van der Waals surface area (Å²) >= 11 is 0. The lowest BCUT2D eigenvalue weighted by molar-refractivity contribution is 0.0600. The third kappa shape index (κ3) is 3.16. The van der Waals surface area contributed by atoms with Crippen LogP contribution in [0.4, 0.5) is 0 Å². The van der Waals surface area contributed by atoms with Crippen LogP contribution in [0.5, 0.6) is 0 Å². The fourth-order valence-corrected chi connectivity index (χ4v) is 3.81. The molecule has 0 radical (unpaired) electrons. The number of carbonyl (C=O) groups is 2. The molecule has 28 heavy (non-hydrogen) atoms. The van der Waals surface area contributed by atoms with Crippen molar-refractivity contribution in [1.29, 1.82) is 0 Å². The normalized spacial score (nSPS) is 13.4. The van der Waals surface area contributed by atoms with Gasteiger partial charge in [-0.1, -0.05) is 18.2 Å². The Kier molecular flexibility index (Phi) is 4.88. The molecule has 144 valence electrons. The number of nitrogens with one attached hydrogen (secondary N) is 1. The van der Waals surface area contributed by atoms with E-state index in [2.05, 4.69) is 4.98 Å². The first-order valence-electron chi connectivity index (χ1n) is 9.20. The number of amides is 1. The second kappa shape index (κ2) is 7.48. The van der Waals surface area contributed by atoms with Crippen molar-refractivity contribution in [3.05, 3.63) is 70.4 Å². The van der Waals surface area contributed by atoms with Crippen LogP contribution in [0.1, 0.15) is 37.5 Å². The van der Waals surface area contributed by atoms with E-state index in [9.17, 15) is 9.59 Å². The van der Waals surface area contributed by atoms with E-state index in [4.69, 9.17) is 9.47 Å². The van der Waals surface area contributed by atoms with Crippen LogP contribution in [0, 0.1) is 0 Å². The Bertz CT molecular complexity index is 1050. The minimum atomic E-state index is -0.367. The Balaban J connectivity index is 1.67. The lowest BCUT2D eigenvalue weighted by Gasteiger charge is -2.28. The van der Waals surface area contributed by atoms with Crippen molar-refractivity contribution in [3.63, 3.8) is 0 Å². The molecule has 6 heteroatoms. The number of rotatable bonds is 4. The first-order valence-corrected chi connectivity index (χ1v) is 9.20. The van der Waals surface area contributed by atoms with Crippen LogP contribution in [0.25, 0.3) is 10.9 Å². The Morgan fingerprint density at radius 2 is 1.96 bits per heavy atom. The molecule has 1 aromatic heterocycles. The Labute approximate surface area is 163 Å². The van der Waals surface area contributed by atoms with Gasteiger partial charge in [0.25, 0.3) is 5.91 Å². The van der Waals surface area contributed by atoms with Gasteiger partial charge >= 0.3 is 5.97 Å². The molecule has 2 aromatic carbocycles. The maximum absolute atomic E-state index is 13.2. The Morgan fingerprint density at radius 3 is 2.75 bits per heavy atom. The molecule has 0 fully saturated rings. The van der Waals surface area contributed by atoms with E-state index in [1.165, 1.54) is 7.11 Å². The minimum Gasteiger partial charge on any atom is -0.465 e. The number of methoxy groups -OCH3 is 2. The number of nitrogens with zero attached hydrogens (tertiary/aromatic N) is 1. The van der Waals surface area contributed by atoms with E-state index >= 15 is 0 Å². The SMILES string of the molecule is COCc1ccccc1C(=O)N1CCc2[nH]c3ccc(C(=O)OC)cc3c2C1. The number of hydrogen-bond donors (Lipinski definition) is 1. The van der Waals surface area contributed by atoms with E-state index in [0.717, 1.165) is 34.1 Å². The number of esters is 1. The van der Waals surface area contributed by atoms with Crippen LogP contribution in [0.15, 0.2) is 42.5 Å². The molecular weight excluding hydrogens is 356 g/mol. The molecule has 1 aliphatic rings. The van der Waals surface area contributed by atoms with Gasteiger partial charge in [0.05, 0.1) is 19.3 Å². The minimum absolute atomic E-state index is 0.00299. The highest BCUT2D eigenvalue weighted by Crippen LogP contribution is 2.29. The molecule has 4 rings (SSSR count). The van der Waals surface area contributed by atoms with Gasteiger partial charge in [-0.25, -0.2) is 4.79 Å². The number of ether oxygens (including phenoxy) is 2. The van der Waals surface area contributed by atoms with Gasteiger partial charge in [0, 0.05) is 54.3 Å². The van der Waals surface area contributed by atoms with Crippen molar-refractivity contribution in [1.82, 2.24) is 9.88 Å². The van der Waals surface area contributed by atoms with E-state index in [-0.39, 0.29) is 11.9 Å². The largest absolute Gasteiger partial charge is 0.465 e. The molecular formula is C22H22N2O4. The highest BCUT2D eigenvalue weighted by molar-refractivity contribution is 5.98. The molecule has 3 aromatic rings. The number of hydrogen-bond acceptors (Lipinski definition) is 4. The summed E-state index contributed by atoms with van der Waals surface area (Å²) in [5.41, 5.74) is 5.20. The molecule has 0 saturated heterocycles.